The second-order valence-corrected chi connectivity index (χ2v) is 5.23. The molecule has 1 aromatic heterocycles. The smallest absolute Gasteiger partial charge is 0.320 e. The number of carboxylic acids is 1. The molecule has 1 fully saturated rings. The van der Waals surface area contributed by atoms with Crippen LogP contribution in [-0.4, -0.2) is 58.1 Å². The fraction of sp³-hybridized carbons (Fsp3) is 0.636. The van der Waals surface area contributed by atoms with Crippen LogP contribution in [0.1, 0.15) is 11.9 Å². The number of rotatable bonds is 4. The zero-order valence-corrected chi connectivity index (χ0v) is 10.7. The van der Waals surface area contributed by atoms with Crippen LogP contribution >= 0.6 is 11.3 Å². The topological polar surface area (TPSA) is 56.7 Å². The minimum absolute atomic E-state index is 0.378. The third-order valence-electron chi connectivity index (χ3n) is 3.15. The Labute approximate surface area is 105 Å². The fourth-order valence-corrected chi connectivity index (χ4v) is 2.64. The predicted octanol–water partition coefficient (Wildman–Crippen LogP) is 0.734. The maximum atomic E-state index is 10.9. The first-order chi connectivity index (χ1) is 8.16. The second kappa shape index (κ2) is 5.57. The van der Waals surface area contributed by atoms with Crippen LogP contribution in [0.25, 0.3) is 0 Å². The van der Waals surface area contributed by atoms with Gasteiger partial charge in [-0.15, -0.1) is 11.3 Å². The van der Waals surface area contributed by atoms with Crippen LogP contribution in [0.2, 0.25) is 0 Å². The lowest BCUT2D eigenvalue weighted by atomic mass is 10.2. The zero-order chi connectivity index (χ0) is 12.3. The number of thiazole rings is 1. The Balaban J connectivity index is 1.80. The number of hydrogen-bond donors (Lipinski definition) is 1. The van der Waals surface area contributed by atoms with Gasteiger partial charge >= 0.3 is 5.97 Å². The SMILES string of the molecule is CC(C(=O)O)N1CCN(Cc2nccs2)CC1. The molecule has 17 heavy (non-hydrogen) atoms. The summed E-state index contributed by atoms with van der Waals surface area (Å²) in [5, 5.41) is 12.1. The van der Waals surface area contributed by atoms with Crippen LogP contribution in [0.3, 0.4) is 0 Å². The molecule has 0 aliphatic carbocycles. The molecule has 1 aromatic rings. The Morgan fingerprint density at radius 2 is 2.24 bits per heavy atom. The molecule has 5 nitrogen and oxygen atoms in total. The van der Waals surface area contributed by atoms with Gasteiger partial charge in [-0.25, -0.2) is 4.98 Å². The molecule has 0 aromatic carbocycles. The van der Waals surface area contributed by atoms with Crippen molar-refractivity contribution in [3.63, 3.8) is 0 Å². The Morgan fingerprint density at radius 3 is 2.76 bits per heavy atom. The van der Waals surface area contributed by atoms with Crippen molar-refractivity contribution in [2.75, 3.05) is 26.2 Å². The summed E-state index contributed by atoms with van der Waals surface area (Å²) in [6.45, 7) is 6.10. The molecular weight excluding hydrogens is 238 g/mol. The van der Waals surface area contributed by atoms with Crippen molar-refractivity contribution in [1.82, 2.24) is 14.8 Å². The van der Waals surface area contributed by atoms with Crippen LogP contribution < -0.4 is 0 Å². The molecule has 1 aliphatic rings. The van der Waals surface area contributed by atoms with Crippen molar-refractivity contribution < 1.29 is 9.90 Å². The summed E-state index contributed by atoms with van der Waals surface area (Å²) in [5.74, 6) is -0.738. The van der Waals surface area contributed by atoms with Crippen LogP contribution in [0.15, 0.2) is 11.6 Å². The van der Waals surface area contributed by atoms with E-state index in [1.807, 2.05) is 16.5 Å². The average Bonchev–Trinajstić information content (AvgIpc) is 2.82. The number of aliphatic carboxylic acids is 1. The number of carboxylic acid groups (broad SMARTS) is 1. The number of nitrogens with zero attached hydrogens (tertiary/aromatic N) is 3. The summed E-state index contributed by atoms with van der Waals surface area (Å²) < 4.78 is 0. The first-order valence-corrected chi connectivity index (χ1v) is 6.62. The molecular formula is C11H17N3O2S. The molecule has 2 heterocycles. The Morgan fingerprint density at radius 1 is 1.53 bits per heavy atom. The van der Waals surface area contributed by atoms with Gasteiger partial charge in [0.05, 0.1) is 6.54 Å². The van der Waals surface area contributed by atoms with E-state index in [2.05, 4.69) is 9.88 Å². The van der Waals surface area contributed by atoms with E-state index in [1.54, 1.807) is 18.3 Å². The highest BCUT2D eigenvalue weighted by Crippen LogP contribution is 2.12. The van der Waals surface area contributed by atoms with Crippen LogP contribution in [-0.2, 0) is 11.3 Å². The quantitative estimate of drug-likeness (QED) is 0.859. The van der Waals surface area contributed by atoms with Gasteiger partial charge in [0.2, 0.25) is 0 Å². The maximum Gasteiger partial charge on any atom is 0.320 e. The van der Waals surface area contributed by atoms with E-state index in [1.165, 1.54) is 0 Å². The molecule has 0 amide bonds. The monoisotopic (exact) mass is 255 g/mol. The number of hydrogen-bond acceptors (Lipinski definition) is 5. The van der Waals surface area contributed by atoms with E-state index in [-0.39, 0.29) is 6.04 Å². The van der Waals surface area contributed by atoms with Gasteiger partial charge in [0.25, 0.3) is 0 Å². The van der Waals surface area contributed by atoms with Gasteiger partial charge in [0.1, 0.15) is 11.0 Å². The molecule has 0 radical (unpaired) electrons. The first-order valence-electron chi connectivity index (χ1n) is 5.74. The van der Waals surface area contributed by atoms with Crippen LogP contribution in [0.4, 0.5) is 0 Å². The van der Waals surface area contributed by atoms with E-state index in [9.17, 15) is 4.79 Å². The predicted molar refractivity (Wildman–Crippen MR) is 66.1 cm³/mol. The lowest BCUT2D eigenvalue weighted by molar-refractivity contribution is -0.143. The molecule has 1 atom stereocenters. The molecule has 1 unspecified atom stereocenters. The molecule has 1 saturated heterocycles. The Hall–Kier alpha value is -0.980. The first kappa shape index (κ1) is 12.5. The van der Waals surface area contributed by atoms with Crippen LogP contribution in [0, 0.1) is 0 Å². The van der Waals surface area contributed by atoms with Crippen molar-refractivity contribution in [3.05, 3.63) is 16.6 Å². The summed E-state index contributed by atoms with van der Waals surface area (Å²) in [4.78, 5) is 19.5. The van der Waals surface area contributed by atoms with Gasteiger partial charge in [-0.05, 0) is 6.92 Å². The van der Waals surface area contributed by atoms with Gasteiger partial charge in [-0.2, -0.15) is 0 Å². The summed E-state index contributed by atoms with van der Waals surface area (Å²) in [6.07, 6.45) is 1.82. The average molecular weight is 255 g/mol. The van der Waals surface area contributed by atoms with Gasteiger partial charge in [0.15, 0.2) is 0 Å². The Bertz CT molecular complexity index is 361. The number of carbonyl (C=O) groups is 1. The highest BCUT2D eigenvalue weighted by atomic mass is 32.1. The van der Waals surface area contributed by atoms with Crippen molar-refractivity contribution in [3.8, 4) is 0 Å². The highest BCUT2D eigenvalue weighted by molar-refractivity contribution is 7.09. The minimum atomic E-state index is -0.738. The van der Waals surface area contributed by atoms with Gasteiger partial charge < -0.3 is 5.11 Å². The van der Waals surface area contributed by atoms with Crippen LogP contribution in [0.5, 0.6) is 0 Å². The molecule has 6 heteroatoms. The maximum absolute atomic E-state index is 10.9. The summed E-state index contributed by atoms with van der Waals surface area (Å²) in [6, 6.07) is -0.378. The number of aromatic nitrogens is 1. The second-order valence-electron chi connectivity index (χ2n) is 4.25. The van der Waals surface area contributed by atoms with Gasteiger partial charge in [0, 0.05) is 37.8 Å². The highest BCUT2D eigenvalue weighted by Gasteiger charge is 2.25. The normalized spacial score (nSPS) is 20.3. The molecule has 1 aliphatic heterocycles. The summed E-state index contributed by atoms with van der Waals surface area (Å²) in [7, 11) is 0. The van der Waals surface area contributed by atoms with E-state index >= 15 is 0 Å². The zero-order valence-electron chi connectivity index (χ0n) is 9.87. The van der Waals surface area contributed by atoms with E-state index in [0.717, 1.165) is 37.7 Å². The molecule has 0 bridgehead atoms. The number of piperazine rings is 1. The third kappa shape index (κ3) is 3.24. The van der Waals surface area contributed by atoms with Crippen molar-refractivity contribution in [2.24, 2.45) is 0 Å². The van der Waals surface area contributed by atoms with E-state index in [4.69, 9.17) is 5.11 Å². The summed E-state index contributed by atoms with van der Waals surface area (Å²) >= 11 is 1.67. The minimum Gasteiger partial charge on any atom is -0.480 e. The molecule has 94 valence electrons. The van der Waals surface area contributed by atoms with Gasteiger partial charge in [-0.1, -0.05) is 0 Å². The third-order valence-corrected chi connectivity index (χ3v) is 3.92. The summed E-state index contributed by atoms with van der Waals surface area (Å²) in [5.41, 5.74) is 0. The molecule has 0 saturated carbocycles. The molecule has 0 spiro atoms. The lowest BCUT2D eigenvalue weighted by Gasteiger charge is -2.36. The van der Waals surface area contributed by atoms with Gasteiger partial charge in [-0.3, -0.25) is 14.6 Å². The largest absolute Gasteiger partial charge is 0.480 e. The fourth-order valence-electron chi connectivity index (χ4n) is 1.99. The van der Waals surface area contributed by atoms with E-state index in [0.29, 0.717) is 0 Å². The Kier molecular flexibility index (Phi) is 4.09. The molecule has 1 N–H and O–H groups in total. The standard InChI is InChI=1S/C11H17N3O2S/c1-9(11(15)16)14-5-3-13(4-6-14)8-10-12-2-7-17-10/h2,7,9H,3-6,8H2,1H3,(H,15,16). The van der Waals surface area contributed by atoms with Crippen molar-refractivity contribution in [2.45, 2.75) is 19.5 Å². The van der Waals surface area contributed by atoms with Crippen molar-refractivity contribution >= 4 is 17.3 Å². The lowest BCUT2D eigenvalue weighted by Crippen LogP contribution is -2.51. The van der Waals surface area contributed by atoms with E-state index < -0.39 is 5.97 Å². The van der Waals surface area contributed by atoms with Crippen molar-refractivity contribution in [1.29, 1.82) is 0 Å². The molecule has 2 rings (SSSR count).